The smallest absolute Gasteiger partial charge is 0.338 e. The average Bonchev–Trinajstić information content (AvgIpc) is 3.02. The van der Waals surface area contributed by atoms with Crippen LogP contribution in [0.25, 0.3) is 0 Å². The highest BCUT2D eigenvalue weighted by molar-refractivity contribution is 7.16. The Morgan fingerprint density at radius 1 is 1.48 bits per heavy atom. The molecule has 0 bridgehead atoms. The first kappa shape index (κ1) is 15.2. The molecule has 21 heavy (non-hydrogen) atoms. The first-order valence-electron chi connectivity index (χ1n) is 6.44. The number of carboxylic acids is 1. The number of nitrogens with one attached hydrogen (secondary N) is 1. The van der Waals surface area contributed by atoms with Crippen molar-refractivity contribution in [3.05, 3.63) is 28.2 Å². The Balaban J connectivity index is 1.99. The van der Waals surface area contributed by atoms with Gasteiger partial charge in [0.2, 0.25) is 11.8 Å². The molecule has 2 rings (SSSR count). The number of hydrogen-bond acceptors (Lipinski definition) is 6. The van der Waals surface area contributed by atoms with Crippen LogP contribution in [-0.4, -0.2) is 27.1 Å². The van der Waals surface area contributed by atoms with Gasteiger partial charge in [-0.2, -0.15) is 4.98 Å². The van der Waals surface area contributed by atoms with Crippen LogP contribution in [0.3, 0.4) is 0 Å². The lowest BCUT2D eigenvalue weighted by atomic mass is 10.2. The van der Waals surface area contributed by atoms with Crippen LogP contribution < -0.4 is 5.32 Å². The Labute approximate surface area is 125 Å². The van der Waals surface area contributed by atoms with Crippen LogP contribution in [0.1, 0.15) is 40.3 Å². The molecule has 0 aliphatic rings. The normalized spacial score (nSPS) is 10.6. The van der Waals surface area contributed by atoms with Gasteiger partial charge in [0.05, 0.1) is 5.56 Å². The van der Waals surface area contributed by atoms with Crippen LogP contribution in [0, 0.1) is 6.92 Å². The largest absolute Gasteiger partial charge is 0.478 e. The Morgan fingerprint density at radius 3 is 2.81 bits per heavy atom. The first-order valence-corrected chi connectivity index (χ1v) is 7.26. The van der Waals surface area contributed by atoms with Crippen LogP contribution in [0.5, 0.6) is 0 Å². The summed E-state index contributed by atoms with van der Waals surface area (Å²) >= 11 is 1.28. The van der Waals surface area contributed by atoms with Gasteiger partial charge in [0.25, 0.3) is 0 Å². The van der Waals surface area contributed by atoms with Gasteiger partial charge in [-0.3, -0.25) is 4.79 Å². The van der Waals surface area contributed by atoms with Gasteiger partial charge in [0.15, 0.2) is 5.82 Å². The number of aryl methyl sites for hydroxylation is 3. The second-order valence-corrected chi connectivity index (χ2v) is 5.53. The maximum Gasteiger partial charge on any atom is 0.338 e. The molecule has 0 fully saturated rings. The van der Waals surface area contributed by atoms with E-state index in [0.29, 0.717) is 23.1 Å². The number of rotatable bonds is 6. The summed E-state index contributed by atoms with van der Waals surface area (Å²) in [6.07, 6.45) is 1.20. The van der Waals surface area contributed by atoms with Crippen molar-refractivity contribution in [1.29, 1.82) is 0 Å². The highest BCUT2D eigenvalue weighted by Crippen LogP contribution is 2.28. The predicted octanol–water partition coefficient (Wildman–Crippen LogP) is 2.27. The number of anilines is 1. The summed E-state index contributed by atoms with van der Waals surface area (Å²) in [6.45, 7) is 3.63. The summed E-state index contributed by atoms with van der Waals surface area (Å²) < 4.78 is 4.92. The van der Waals surface area contributed by atoms with Gasteiger partial charge < -0.3 is 14.9 Å². The van der Waals surface area contributed by atoms with Crippen molar-refractivity contribution < 1.29 is 19.2 Å². The predicted molar refractivity (Wildman–Crippen MR) is 76.6 cm³/mol. The standard InChI is InChI=1S/C13H15N3O4S/c1-3-8-6-9(13(18)19)12(21-8)15-10(17)4-5-11-14-7(2)16-20-11/h6H,3-5H2,1-2H3,(H,15,17)(H,18,19). The lowest BCUT2D eigenvalue weighted by Gasteiger charge is -2.02. The number of carboxylic acid groups (broad SMARTS) is 1. The van der Waals surface area contributed by atoms with E-state index in [4.69, 9.17) is 9.63 Å². The molecule has 0 aliphatic heterocycles. The molecule has 0 saturated heterocycles. The summed E-state index contributed by atoms with van der Waals surface area (Å²) in [4.78, 5) is 27.9. The van der Waals surface area contributed by atoms with Crippen LogP contribution >= 0.6 is 11.3 Å². The number of carbonyl (C=O) groups excluding carboxylic acids is 1. The van der Waals surface area contributed by atoms with Crippen molar-refractivity contribution in [1.82, 2.24) is 10.1 Å². The molecule has 0 aromatic carbocycles. The second-order valence-electron chi connectivity index (χ2n) is 4.40. The van der Waals surface area contributed by atoms with Crippen molar-refractivity contribution in [2.45, 2.75) is 33.1 Å². The third-order valence-corrected chi connectivity index (χ3v) is 3.95. The van der Waals surface area contributed by atoms with E-state index < -0.39 is 5.97 Å². The number of thiophene rings is 1. The quantitative estimate of drug-likeness (QED) is 0.848. The van der Waals surface area contributed by atoms with Crippen molar-refractivity contribution in [2.24, 2.45) is 0 Å². The number of hydrogen-bond donors (Lipinski definition) is 2. The van der Waals surface area contributed by atoms with Gasteiger partial charge in [-0.25, -0.2) is 4.79 Å². The van der Waals surface area contributed by atoms with Crippen LogP contribution in [-0.2, 0) is 17.6 Å². The maximum atomic E-state index is 11.9. The third kappa shape index (κ3) is 3.88. The fourth-order valence-electron chi connectivity index (χ4n) is 1.72. The second kappa shape index (κ2) is 6.49. The van der Waals surface area contributed by atoms with E-state index in [9.17, 15) is 9.59 Å². The third-order valence-electron chi connectivity index (χ3n) is 2.75. The zero-order valence-corrected chi connectivity index (χ0v) is 12.5. The molecule has 2 aromatic heterocycles. The number of nitrogens with zero attached hydrogens (tertiary/aromatic N) is 2. The lowest BCUT2D eigenvalue weighted by Crippen LogP contribution is -2.13. The van der Waals surface area contributed by atoms with Gasteiger partial charge in [-0.1, -0.05) is 12.1 Å². The van der Waals surface area contributed by atoms with E-state index in [0.717, 1.165) is 11.3 Å². The minimum atomic E-state index is -1.05. The van der Waals surface area contributed by atoms with E-state index in [1.54, 1.807) is 13.0 Å². The first-order chi connectivity index (χ1) is 9.99. The monoisotopic (exact) mass is 309 g/mol. The Bertz CT molecular complexity index is 662. The molecule has 8 heteroatoms. The molecule has 2 aromatic rings. The number of aromatic nitrogens is 2. The molecular formula is C13H15N3O4S. The molecule has 112 valence electrons. The molecule has 0 saturated carbocycles. The van der Waals surface area contributed by atoms with Gasteiger partial charge >= 0.3 is 5.97 Å². The van der Waals surface area contributed by atoms with E-state index in [1.165, 1.54) is 11.3 Å². The molecule has 0 unspecified atom stereocenters. The maximum absolute atomic E-state index is 11.9. The van der Waals surface area contributed by atoms with Crippen molar-refractivity contribution >= 4 is 28.2 Å². The molecule has 2 N–H and O–H groups in total. The molecule has 0 aliphatic carbocycles. The van der Waals surface area contributed by atoms with Gasteiger partial charge in [0, 0.05) is 17.7 Å². The average molecular weight is 309 g/mol. The fourth-order valence-corrected chi connectivity index (χ4v) is 2.72. The van der Waals surface area contributed by atoms with Crippen molar-refractivity contribution in [3.8, 4) is 0 Å². The minimum Gasteiger partial charge on any atom is -0.478 e. The minimum absolute atomic E-state index is 0.124. The molecular weight excluding hydrogens is 294 g/mol. The van der Waals surface area contributed by atoms with E-state index in [1.807, 2.05) is 6.92 Å². The highest BCUT2D eigenvalue weighted by Gasteiger charge is 2.17. The summed E-state index contributed by atoms with van der Waals surface area (Å²) in [5.74, 6) is -0.419. The highest BCUT2D eigenvalue weighted by atomic mass is 32.1. The molecule has 0 spiro atoms. The molecule has 1 amide bonds. The van der Waals surface area contributed by atoms with Gasteiger partial charge in [-0.05, 0) is 19.4 Å². The van der Waals surface area contributed by atoms with E-state index >= 15 is 0 Å². The van der Waals surface area contributed by atoms with E-state index in [2.05, 4.69) is 15.5 Å². The SMILES string of the molecule is CCc1cc(C(=O)O)c(NC(=O)CCc2nc(C)no2)s1. The van der Waals surface area contributed by atoms with Crippen molar-refractivity contribution in [2.75, 3.05) is 5.32 Å². The fraction of sp³-hybridized carbons (Fsp3) is 0.385. The van der Waals surface area contributed by atoms with Crippen LogP contribution in [0.4, 0.5) is 5.00 Å². The molecule has 0 atom stereocenters. The van der Waals surface area contributed by atoms with Crippen LogP contribution in [0.2, 0.25) is 0 Å². The Morgan fingerprint density at radius 2 is 2.24 bits per heavy atom. The van der Waals surface area contributed by atoms with Gasteiger partial charge in [0.1, 0.15) is 5.00 Å². The number of carbonyl (C=O) groups is 2. The molecule has 0 radical (unpaired) electrons. The van der Waals surface area contributed by atoms with Crippen molar-refractivity contribution in [3.63, 3.8) is 0 Å². The Kier molecular flexibility index (Phi) is 4.69. The summed E-state index contributed by atoms with van der Waals surface area (Å²) in [6, 6.07) is 1.59. The lowest BCUT2D eigenvalue weighted by molar-refractivity contribution is -0.116. The van der Waals surface area contributed by atoms with Gasteiger partial charge in [-0.15, -0.1) is 11.3 Å². The number of aromatic carboxylic acids is 1. The zero-order valence-electron chi connectivity index (χ0n) is 11.7. The summed E-state index contributed by atoms with van der Waals surface area (Å²) in [5.41, 5.74) is 0.124. The van der Waals surface area contributed by atoms with E-state index in [-0.39, 0.29) is 17.9 Å². The molecule has 2 heterocycles. The summed E-state index contributed by atoms with van der Waals surface area (Å²) in [7, 11) is 0. The molecule has 7 nitrogen and oxygen atoms in total. The Hall–Kier alpha value is -2.22. The number of amides is 1. The zero-order chi connectivity index (χ0) is 15.4. The summed E-state index contributed by atoms with van der Waals surface area (Å²) in [5, 5.41) is 15.8. The van der Waals surface area contributed by atoms with Crippen LogP contribution in [0.15, 0.2) is 10.6 Å². The topological polar surface area (TPSA) is 105 Å².